The second-order valence-corrected chi connectivity index (χ2v) is 8.07. The number of fused-ring (bicyclic) bond motifs is 1. The van der Waals surface area contributed by atoms with E-state index in [0.717, 1.165) is 47.3 Å². The highest BCUT2D eigenvalue weighted by Gasteiger charge is 2.28. The molecule has 30 heavy (non-hydrogen) atoms. The van der Waals surface area contributed by atoms with Gasteiger partial charge in [0.25, 0.3) is 5.91 Å². The van der Waals surface area contributed by atoms with Gasteiger partial charge in [-0.25, -0.2) is 9.07 Å². The number of amides is 1. The number of carbonyl (C=O) groups excluding carboxylic acids is 1. The molecule has 0 bridgehead atoms. The number of aromatic nitrogens is 2. The minimum absolute atomic E-state index is 0.0546. The van der Waals surface area contributed by atoms with Crippen LogP contribution >= 0.6 is 0 Å². The topological polar surface area (TPSA) is 50.2 Å². The summed E-state index contributed by atoms with van der Waals surface area (Å²) in [7, 11) is 3.90. The number of likely N-dealkylation sites (N-methyl/N-ethyl adjacent to an activating group) is 1. The molecule has 5 nitrogen and oxygen atoms in total. The Morgan fingerprint density at radius 2 is 1.90 bits per heavy atom. The van der Waals surface area contributed by atoms with Crippen LogP contribution in [0.15, 0.2) is 48.5 Å². The first-order valence-corrected chi connectivity index (χ1v) is 10.3. The van der Waals surface area contributed by atoms with Gasteiger partial charge in [-0.2, -0.15) is 5.10 Å². The van der Waals surface area contributed by atoms with Crippen LogP contribution in [0.2, 0.25) is 0 Å². The Hall–Kier alpha value is -2.99. The van der Waals surface area contributed by atoms with Crippen LogP contribution in [0, 0.1) is 12.7 Å². The molecule has 3 aromatic rings. The summed E-state index contributed by atoms with van der Waals surface area (Å²) >= 11 is 0. The van der Waals surface area contributed by atoms with E-state index in [4.69, 9.17) is 5.10 Å². The minimum atomic E-state index is -0.266. The van der Waals surface area contributed by atoms with Crippen LogP contribution in [-0.2, 0) is 12.8 Å². The number of nitrogens with one attached hydrogen (secondary N) is 1. The molecule has 0 aliphatic heterocycles. The fourth-order valence-electron chi connectivity index (χ4n) is 4.18. The van der Waals surface area contributed by atoms with Gasteiger partial charge in [-0.3, -0.25) is 4.79 Å². The van der Waals surface area contributed by atoms with E-state index in [9.17, 15) is 9.18 Å². The Morgan fingerprint density at radius 3 is 2.60 bits per heavy atom. The van der Waals surface area contributed by atoms with Gasteiger partial charge in [0.15, 0.2) is 5.69 Å². The molecule has 4 rings (SSSR count). The molecule has 0 spiro atoms. The van der Waals surface area contributed by atoms with E-state index in [1.807, 2.05) is 41.9 Å². The first-order valence-electron chi connectivity index (χ1n) is 10.3. The lowest BCUT2D eigenvalue weighted by Crippen LogP contribution is -2.35. The van der Waals surface area contributed by atoms with E-state index in [2.05, 4.69) is 18.3 Å². The molecule has 2 aromatic carbocycles. The normalized spacial score (nSPS) is 14.0. The predicted octanol–water partition coefficient (Wildman–Crippen LogP) is 3.84. The Labute approximate surface area is 176 Å². The van der Waals surface area contributed by atoms with Crippen molar-refractivity contribution >= 4 is 5.91 Å². The number of halogens is 1. The van der Waals surface area contributed by atoms with E-state index in [1.54, 1.807) is 12.1 Å². The van der Waals surface area contributed by atoms with Gasteiger partial charge >= 0.3 is 0 Å². The van der Waals surface area contributed by atoms with E-state index in [1.165, 1.54) is 12.1 Å². The average Bonchev–Trinajstić information content (AvgIpc) is 3.32. The Bertz CT molecular complexity index is 1060. The van der Waals surface area contributed by atoms with Crippen molar-refractivity contribution in [1.82, 2.24) is 20.0 Å². The second kappa shape index (κ2) is 8.40. The van der Waals surface area contributed by atoms with E-state index >= 15 is 0 Å². The average molecular weight is 407 g/mol. The van der Waals surface area contributed by atoms with Crippen LogP contribution < -0.4 is 5.32 Å². The number of nitrogens with zero attached hydrogens (tertiary/aromatic N) is 3. The molecule has 1 atom stereocenters. The van der Waals surface area contributed by atoms with Gasteiger partial charge in [0.05, 0.1) is 11.7 Å². The molecule has 6 heteroatoms. The van der Waals surface area contributed by atoms with Crippen LogP contribution in [0.25, 0.3) is 5.69 Å². The van der Waals surface area contributed by atoms with Crippen LogP contribution in [0.3, 0.4) is 0 Å². The van der Waals surface area contributed by atoms with Crippen LogP contribution in [0.4, 0.5) is 4.39 Å². The molecular formula is C24H27FN4O. The van der Waals surface area contributed by atoms with Gasteiger partial charge in [-0.1, -0.05) is 30.3 Å². The zero-order valence-electron chi connectivity index (χ0n) is 17.7. The Morgan fingerprint density at radius 1 is 1.17 bits per heavy atom. The highest BCUT2D eigenvalue weighted by atomic mass is 19.1. The molecule has 1 heterocycles. The molecule has 1 aliphatic rings. The van der Waals surface area contributed by atoms with Gasteiger partial charge in [0.2, 0.25) is 0 Å². The molecule has 0 fully saturated rings. The standard InChI is InChI=1S/C24H27FN4O/c1-16-7-4-5-9-20(16)29-21-10-6-8-19(21)23(27-29)24(30)26-15-22(28(2)3)17-11-13-18(25)14-12-17/h4-5,7,9,11-14,22H,6,8,10,15H2,1-3H3,(H,26,30). The largest absolute Gasteiger partial charge is 0.349 e. The molecule has 1 aliphatic carbocycles. The summed E-state index contributed by atoms with van der Waals surface area (Å²) in [5.41, 5.74) is 5.81. The quantitative estimate of drug-likeness (QED) is 0.677. The Balaban J connectivity index is 1.57. The van der Waals surface area contributed by atoms with Crippen molar-refractivity contribution in [3.8, 4) is 5.69 Å². The second-order valence-electron chi connectivity index (χ2n) is 8.07. The molecule has 1 aromatic heterocycles. The first kappa shape index (κ1) is 20.3. The van der Waals surface area contributed by atoms with Gasteiger partial charge in [0, 0.05) is 17.8 Å². The third-order valence-corrected chi connectivity index (χ3v) is 5.82. The lowest BCUT2D eigenvalue weighted by atomic mass is 10.1. The molecule has 156 valence electrons. The monoisotopic (exact) mass is 406 g/mol. The Kier molecular flexibility index (Phi) is 5.68. The molecule has 1 N–H and O–H groups in total. The van der Waals surface area contributed by atoms with Crippen molar-refractivity contribution in [1.29, 1.82) is 0 Å². The number of carbonyl (C=O) groups is 1. The minimum Gasteiger partial charge on any atom is -0.349 e. The summed E-state index contributed by atoms with van der Waals surface area (Å²) < 4.78 is 15.2. The number of hydrogen-bond donors (Lipinski definition) is 1. The van der Waals surface area contributed by atoms with Crippen molar-refractivity contribution in [2.24, 2.45) is 0 Å². The van der Waals surface area contributed by atoms with E-state index in [-0.39, 0.29) is 17.8 Å². The highest BCUT2D eigenvalue weighted by molar-refractivity contribution is 5.94. The predicted molar refractivity (Wildman–Crippen MR) is 115 cm³/mol. The lowest BCUT2D eigenvalue weighted by molar-refractivity contribution is 0.0935. The maximum atomic E-state index is 13.3. The summed E-state index contributed by atoms with van der Waals surface area (Å²) in [4.78, 5) is 15.1. The SMILES string of the molecule is Cc1ccccc1-n1nc(C(=O)NCC(c2ccc(F)cc2)N(C)C)c2c1CCC2. The van der Waals surface area contributed by atoms with E-state index in [0.29, 0.717) is 12.2 Å². The van der Waals surface area contributed by atoms with Crippen molar-refractivity contribution in [3.05, 3.63) is 82.4 Å². The van der Waals surface area contributed by atoms with Gasteiger partial charge in [-0.05, 0) is 69.6 Å². The number of aryl methyl sites for hydroxylation is 1. The van der Waals surface area contributed by atoms with Crippen LogP contribution in [-0.4, -0.2) is 41.2 Å². The highest BCUT2D eigenvalue weighted by Crippen LogP contribution is 2.29. The van der Waals surface area contributed by atoms with Crippen molar-refractivity contribution in [3.63, 3.8) is 0 Å². The molecule has 1 amide bonds. The first-order chi connectivity index (χ1) is 14.5. The summed E-state index contributed by atoms with van der Waals surface area (Å²) in [6, 6.07) is 14.5. The van der Waals surface area contributed by atoms with E-state index < -0.39 is 0 Å². The van der Waals surface area contributed by atoms with Gasteiger partial charge < -0.3 is 10.2 Å². The number of hydrogen-bond acceptors (Lipinski definition) is 3. The van der Waals surface area contributed by atoms with Crippen molar-refractivity contribution < 1.29 is 9.18 Å². The molecule has 1 unspecified atom stereocenters. The zero-order chi connectivity index (χ0) is 21.3. The summed E-state index contributed by atoms with van der Waals surface area (Å²) in [6.45, 7) is 2.48. The third-order valence-electron chi connectivity index (χ3n) is 5.82. The van der Waals surface area contributed by atoms with Gasteiger partial charge in [0.1, 0.15) is 5.82 Å². The summed E-state index contributed by atoms with van der Waals surface area (Å²) in [6.07, 6.45) is 2.84. The fraction of sp³-hybridized carbons (Fsp3) is 0.333. The number of benzene rings is 2. The third kappa shape index (κ3) is 3.87. The smallest absolute Gasteiger partial charge is 0.272 e. The lowest BCUT2D eigenvalue weighted by Gasteiger charge is -2.25. The zero-order valence-corrected chi connectivity index (χ0v) is 17.7. The van der Waals surface area contributed by atoms with Crippen molar-refractivity contribution in [2.45, 2.75) is 32.2 Å². The maximum Gasteiger partial charge on any atom is 0.272 e. The molecule has 0 saturated carbocycles. The fourth-order valence-corrected chi connectivity index (χ4v) is 4.18. The maximum absolute atomic E-state index is 13.3. The summed E-state index contributed by atoms with van der Waals surface area (Å²) in [5.74, 6) is -0.424. The molecule has 0 radical (unpaired) electrons. The van der Waals surface area contributed by atoms with Crippen molar-refractivity contribution in [2.75, 3.05) is 20.6 Å². The molecular weight excluding hydrogens is 379 g/mol. The number of rotatable bonds is 6. The molecule has 0 saturated heterocycles. The summed E-state index contributed by atoms with van der Waals surface area (Å²) in [5, 5.41) is 7.76. The van der Waals surface area contributed by atoms with Gasteiger partial charge in [-0.15, -0.1) is 0 Å². The van der Waals surface area contributed by atoms with Crippen LogP contribution in [0.5, 0.6) is 0 Å². The number of para-hydroxylation sites is 1. The van der Waals surface area contributed by atoms with Crippen LogP contribution in [0.1, 0.15) is 45.3 Å².